The summed E-state index contributed by atoms with van der Waals surface area (Å²) >= 11 is 0. The fourth-order valence-corrected chi connectivity index (χ4v) is 6.93. The summed E-state index contributed by atoms with van der Waals surface area (Å²) in [5, 5.41) is 3.75. The number of hydrogen-bond acceptors (Lipinski definition) is 1. The fourth-order valence-electron chi connectivity index (χ4n) is 6.93. The van der Waals surface area contributed by atoms with Crippen LogP contribution in [0.5, 0.6) is 0 Å². The van der Waals surface area contributed by atoms with Crippen molar-refractivity contribution in [1.29, 1.82) is 0 Å². The molecule has 10 aromatic rings. The summed E-state index contributed by atoms with van der Waals surface area (Å²) in [6.07, 6.45) is 1.63. The molecule has 0 saturated carbocycles. The summed E-state index contributed by atoms with van der Waals surface area (Å²) in [5.74, 6) is 0. The summed E-state index contributed by atoms with van der Waals surface area (Å²) in [6, 6.07) is 31.1. The molecule has 6 aromatic carbocycles. The van der Waals surface area contributed by atoms with E-state index in [0.717, 1.165) is 44.1 Å². The minimum atomic E-state index is -0.478. The van der Waals surface area contributed by atoms with E-state index in [4.69, 9.17) is 16.0 Å². The van der Waals surface area contributed by atoms with Crippen molar-refractivity contribution < 1.29 is 11.0 Å². The molecule has 210 valence electrons. The lowest BCUT2D eigenvalue weighted by Crippen LogP contribution is -1.99. The first-order chi connectivity index (χ1) is 25.7. The molecule has 0 radical (unpaired) electrons. The van der Waals surface area contributed by atoms with Crippen molar-refractivity contribution in [2.45, 2.75) is 0 Å². The molecule has 10 rings (SSSR count). The Morgan fingerprint density at radius 3 is 1.82 bits per heavy atom. The van der Waals surface area contributed by atoms with Crippen LogP contribution in [0.4, 0.5) is 0 Å². The van der Waals surface area contributed by atoms with Gasteiger partial charge in [0.15, 0.2) is 0 Å². The van der Waals surface area contributed by atoms with E-state index in [-0.39, 0.29) is 46.0 Å². The summed E-state index contributed by atoms with van der Waals surface area (Å²) in [4.78, 5) is 4.91. The van der Waals surface area contributed by atoms with Crippen LogP contribution in [0, 0.1) is 0 Å². The Morgan fingerprint density at radius 1 is 0.444 bits per heavy atom. The monoisotopic (exact) mass is 582 g/mol. The highest BCUT2D eigenvalue weighted by atomic mass is 15.1. The minimum Gasteiger partial charge on any atom is -0.309 e. The van der Waals surface area contributed by atoms with E-state index in [1.807, 2.05) is 54.6 Å². The minimum absolute atomic E-state index is 0.0332. The summed E-state index contributed by atoms with van der Waals surface area (Å²) in [6.45, 7) is 0. The molecule has 4 heteroatoms. The van der Waals surface area contributed by atoms with Crippen LogP contribution in [0.25, 0.3) is 82.6 Å². The van der Waals surface area contributed by atoms with Crippen molar-refractivity contribution in [3.05, 3.63) is 158 Å². The fraction of sp³-hybridized carbons (Fsp3) is 0. The first-order valence-electron chi connectivity index (χ1n) is 18.7. The van der Waals surface area contributed by atoms with Crippen molar-refractivity contribution >= 4 is 65.5 Å². The van der Waals surface area contributed by atoms with Crippen LogP contribution in [0.3, 0.4) is 0 Å². The number of nitrogens with zero attached hydrogens (tertiary/aromatic N) is 4. The van der Waals surface area contributed by atoms with Crippen molar-refractivity contribution in [3.63, 3.8) is 0 Å². The normalized spacial score (nSPS) is 14.5. The third-order valence-electron chi connectivity index (χ3n) is 8.74. The number of para-hydroxylation sites is 5. The Kier molecular flexibility index (Phi) is 3.64. The van der Waals surface area contributed by atoms with Gasteiger partial charge in [-0.3, -0.25) is 4.57 Å². The van der Waals surface area contributed by atoms with Crippen LogP contribution in [-0.2, 0) is 0 Å². The van der Waals surface area contributed by atoms with E-state index in [1.54, 1.807) is 16.8 Å². The molecule has 0 atom stereocenters. The van der Waals surface area contributed by atoms with Gasteiger partial charge in [-0.05, 0) is 54.5 Å². The molecule has 0 N–H and O–H groups in total. The molecule has 0 amide bonds. The van der Waals surface area contributed by atoms with Gasteiger partial charge < -0.3 is 9.13 Å². The van der Waals surface area contributed by atoms with Gasteiger partial charge in [-0.1, -0.05) is 96.9 Å². The van der Waals surface area contributed by atoms with Crippen LogP contribution in [-0.4, -0.2) is 18.7 Å². The van der Waals surface area contributed by atoms with Crippen molar-refractivity contribution in [2.75, 3.05) is 0 Å². The molecule has 45 heavy (non-hydrogen) atoms. The SMILES string of the molecule is [2H]c1c([2H])c([2H])c2c(c1[2H])c1c([2H])c([2H])c([2H])c([2H])c1n2-c1ccnc2c1c1ccccc1n2-c1ccc2c3ccccc3n(-c3ccccc3)c2c1. The van der Waals surface area contributed by atoms with E-state index < -0.39 is 24.2 Å². The highest BCUT2D eigenvalue weighted by molar-refractivity contribution is 6.16. The van der Waals surface area contributed by atoms with Gasteiger partial charge in [-0.15, -0.1) is 0 Å². The van der Waals surface area contributed by atoms with Gasteiger partial charge in [0.25, 0.3) is 0 Å². The maximum Gasteiger partial charge on any atom is 0.147 e. The first-order valence-corrected chi connectivity index (χ1v) is 14.7. The van der Waals surface area contributed by atoms with Crippen molar-refractivity contribution in [3.8, 4) is 17.1 Å². The molecule has 0 saturated heterocycles. The molecule has 0 aliphatic heterocycles. The van der Waals surface area contributed by atoms with Crippen LogP contribution in [0.1, 0.15) is 11.0 Å². The lowest BCUT2D eigenvalue weighted by molar-refractivity contribution is 1.12. The van der Waals surface area contributed by atoms with Gasteiger partial charge in [0.05, 0.1) is 49.6 Å². The van der Waals surface area contributed by atoms with Gasteiger partial charge in [-0.25, -0.2) is 4.98 Å². The van der Waals surface area contributed by atoms with Crippen LogP contribution < -0.4 is 0 Å². The van der Waals surface area contributed by atoms with E-state index in [9.17, 15) is 0 Å². The van der Waals surface area contributed by atoms with Crippen LogP contribution >= 0.6 is 0 Å². The summed E-state index contributed by atoms with van der Waals surface area (Å²) in [7, 11) is 0. The maximum atomic E-state index is 9.07. The second-order valence-corrected chi connectivity index (χ2v) is 11.1. The number of fused-ring (bicyclic) bond motifs is 9. The molecule has 4 aromatic heterocycles. The smallest absolute Gasteiger partial charge is 0.147 e. The highest BCUT2D eigenvalue weighted by Gasteiger charge is 2.21. The number of pyridine rings is 1. The molecule has 0 spiro atoms. The maximum absolute atomic E-state index is 9.07. The zero-order chi connectivity index (χ0) is 36.4. The number of hydrogen-bond donors (Lipinski definition) is 0. The van der Waals surface area contributed by atoms with Gasteiger partial charge >= 0.3 is 0 Å². The second-order valence-electron chi connectivity index (χ2n) is 11.1. The predicted molar refractivity (Wildman–Crippen MR) is 187 cm³/mol. The van der Waals surface area contributed by atoms with Gasteiger partial charge in [0, 0.05) is 44.5 Å². The topological polar surface area (TPSA) is 27.7 Å². The molecule has 0 aliphatic carbocycles. The first kappa shape index (κ1) is 17.9. The Labute approximate surface area is 269 Å². The number of benzene rings is 6. The molecule has 0 aliphatic rings. The average molecular weight is 583 g/mol. The predicted octanol–water partition coefficient (Wildman–Crippen LogP) is 10.4. The number of rotatable bonds is 3. The highest BCUT2D eigenvalue weighted by Crippen LogP contribution is 2.40. The van der Waals surface area contributed by atoms with Crippen LogP contribution in [0.15, 0.2) is 158 Å². The van der Waals surface area contributed by atoms with E-state index in [1.165, 1.54) is 0 Å². The lowest BCUT2D eigenvalue weighted by atomic mass is 10.1. The van der Waals surface area contributed by atoms with E-state index in [0.29, 0.717) is 16.7 Å². The zero-order valence-corrected chi connectivity index (χ0v) is 23.7. The molecule has 4 nitrogen and oxygen atoms in total. The van der Waals surface area contributed by atoms with Gasteiger partial charge in [0.1, 0.15) is 5.65 Å². The summed E-state index contributed by atoms with van der Waals surface area (Å²) < 4.78 is 75.9. The van der Waals surface area contributed by atoms with Gasteiger partial charge in [0.2, 0.25) is 0 Å². The zero-order valence-electron chi connectivity index (χ0n) is 31.7. The van der Waals surface area contributed by atoms with Crippen molar-refractivity contribution in [2.24, 2.45) is 0 Å². The standard InChI is InChI=1S/C41H26N4/c1-2-12-27(13-3-1)43-34-18-8-4-16-31(34)32-23-22-28(26-39(32)43)44-37-21-11-7-17-33(37)40-38(24-25-42-41(40)44)45-35-19-9-5-14-29(35)30-15-6-10-20-36(30)45/h1-26H/i5D,6D,9D,10D,14D,15D,19D,20D. The third-order valence-corrected chi connectivity index (χ3v) is 8.74. The molecular formula is C41H26N4. The van der Waals surface area contributed by atoms with Crippen molar-refractivity contribution in [1.82, 2.24) is 18.7 Å². The Morgan fingerprint density at radius 2 is 1.07 bits per heavy atom. The lowest BCUT2D eigenvalue weighted by Gasteiger charge is -2.12. The Hall–Kier alpha value is -6.13. The van der Waals surface area contributed by atoms with E-state index >= 15 is 0 Å². The molecule has 0 bridgehead atoms. The Balaban J connectivity index is 1.36. The average Bonchev–Trinajstić information content (AvgIpc) is 3.84. The molecule has 4 heterocycles. The molecule has 0 unspecified atom stereocenters. The quantitative estimate of drug-likeness (QED) is 0.204. The largest absolute Gasteiger partial charge is 0.309 e. The summed E-state index contributed by atoms with van der Waals surface area (Å²) in [5.41, 5.74) is 5.97. The van der Waals surface area contributed by atoms with E-state index in [2.05, 4.69) is 51.6 Å². The molecular weight excluding hydrogens is 548 g/mol. The molecule has 0 fully saturated rings. The number of aromatic nitrogens is 4. The second kappa shape index (κ2) is 9.18. The Bertz CT molecular complexity index is 3140. The third kappa shape index (κ3) is 3.34. The van der Waals surface area contributed by atoms with Gasteiger partial charge in [-0.2, -0.15) is 0 Å². The van der Waals surface area contributed by atoms with Crippen LogP contribution in [0.2, 0.25) is 0 Å².